The molecule has 158 valence electrons. The van der Waals surface area contributed by atoms with Gasteiger partial charge in [-0.25, -0.2) is 9.38 Å². The molecule has 1 fully saturated rings. The number of nitrogens with zero attached hydrogens (tertiary/aromatic N) is 6. The van der Waals surface area contributed by atoms with Gasteiger partial charge in [-0.05, 0) is 30.7 Å². The van der Waals surface area contributed by atoms with Gasteiger partial charge in [0.2, 0.25) is 5.95 Å². The summed E-state index contributed by atoms with van der Waals surface area (Å²) in [6.07, 6.45) is 0.857. The summed E-state index contributed by atoms with van der Waals surface area (Å²) in [5.74, 6) is 1.58. The van der Waals surface area contributed by atoms with E-state index in [4.69, 9.17) is 9.72 Å². The molecule has 0 unspecified atom stereocenters. The lowest BCUT2D eigenvalue weighted by Crippen LogP contribution is -2.36. The Bertz CT molecular complexity index is 1220. The van der Waals surface area contributed by atoms with Gasteiger partial charge in [-0.1, -0.05) is 30.3 Å². The fourth-order valence-electron chi connectivity index (χ4n) is 4.14. The lowest BCUT2D eigenvalue weighted by Gasteiger charge is -2.24. The molecule has 4 aromatic rings. The maximum atomic E-state index is 12.9. The Labute approximate surface area is 180 Å². The average molecular weight is 416 g/mol. The van der Waals surface area contributed by atoms with Crippen LogP contribution in [0.25, 0.3) is 16.6 Å². The number of aromatic nitrogens is 4. The SMILES string of the molecule is COCc1nnc2c3ccccc3nc(N3CCCN(C(=O)c4ccccc4)CC3)n12. The van der Waals surface area contributed by atoms with Crippen LogP contribution in [-0.4, -0.2) is 63.7 Å². The fraction of sp³-hybridized carbons (Fsp3) is 0.304. The highest BCUT2D eigenvalue weighted by Crippen LogP contribution is 2.25. The zero-order valence-corrected chi connectivity index (χ0v) is 17.4. The topological polar surface area (TPSA) is 75.9 Å². The number of amides is 1. The van der Waals surface area contributed by atoms with Gasteiger partial charge in [-0.2, -0.15) is 0 Å². The van der Waals surface area contributed by atoms with E-state index in [0.717, 1.165) is 41.0 Å². The molecule has 2 aromatic heterocycles. The zero-order valence-electron chi connectivity index (χ0n) is 17.4. The van der Waals surface area contributed by atoms with Crippen LogP contribution < -0.4 is 4.90 Å². The van der Waals surface area contributed by atoms with Crippen LogP contribution in [0.4, 0.5) is 5.95 Å². The summed E-state index contributed by atoms with van der Waals surface area (Å²) in [6, 6.07) is 17.4. The van der Waals surface area contributed by atoms with Crippen LogP contribution in [0.2, 0.25) is 0 Å². The van der Waals surface area contributed by atoms with Gasteiger partial charge in [-0.15, -0.1) is 10.2 Å². The van der Waals surface area contributed by atoms with Gasteiger partial charge >= 0.3 is 0 Å². The van der Waals surface area contributed by atoms with Crippen LogP contribution >= 0.6 is 0 Å². The Kier molecular flexibility index (Phi) is 5.21. The molecule has 2 aromatic carbocycles. The first-order chi connectivity index (χ1) is 15.3. The van der Waals surface area contributed by atoms with Crippen LogP contribution in [0.5, 0.6) is 0 Å². The van der Waals surface area contributed by atoms with E-state index in [1.807, 2.05) is 63.9 Å². The molecule has 5 rings (SSSR count). The van der Waals surface area contributed by atoms with Crippen molar-refractivity contribution in [1.82, 2.24) is 24.5 Å². The monoisotopic (exact) mass is 416 g/mol. The second-order valence-electron chi connectivity index (χ2n) is 7.64. The van der Waals surface area contributed by atoms with Crippen molar-refractivity contribution in [3.63, 3.8) is 0 Å². The van der Waals surface area contributed by atoms with E-state index < -0.39 is 0 Å². The third-order valence-electron chi connectivity index (χ3n) is 5.66. The number of para-hydroxylation sites is 1. The van der Waals surface area contributed by atoms with Gasteiger partial charge in [0, 0.05) is 44.2 Å². The molecule has 0 radical (unpaired) electrons. The number of fused-ring (bicyclic) bond motifs is 3. The molecule has 0 bridgehead atoms. The van der Waals surface area contributed by atoms with E-state index in [-0.39, 0.29) is 5.91 Å². The molecule has 3 heterocycles. The van der Waals surface area contributed by atoms with Crippen LogP contribution in [0.3, 0.4) is 0 Å². The average Bonchev–Trinajstić information content (AvgIpc) is 3.08. The van der Waals surface area contributed by atoms with Crippen LogP contribution in [0, 0.1) is 0 Å². The van der Waals surface area contributed by atoms with E-state index >= 15 is 0 Å². The summed E-state index contributed by atoms with van der Waals surface area (Å²) < 4.78 is 7.34. The molecule has 0 aliphatic carbocycles. The van der Waals surface area contributed by atoms with Gasteiger partial charge in [0.1, 0.15) is 6.61 Å². The number of rotatable bonds is 4. The van der Waals surface area contributed by atoms with Crippen LogP contribution in [-0.2, 0) is 11.3 Å². The van der Waals surface area contributed by atoms with Crippen molar-refractivity contribution in [2.45, 2.75) is 13.0 Å². The lowest BCUT2D eigenvalue weighted by atomic mass is 10.2. The Morgan fingerprint density at radius 3 is 2.61 bits per heavy atom. The molecule has 1 aliphatic heterocycles. The van der Waals surface area contributed by atoms with Gasteiger partial charge in [0.05, 0.1) is 5.52 Å². The first kappa shape index (κ1) is 19.4. The number of methoxy groups -OCH3 is 1. The summed E-state index contributed by atoms with van der Waals surface area (Å²) in [7, 11) is 1.65. The molecule has 0 N–H and O–H groups in total. The number of carbonyl (C=O) groups is 1. The number of benzene rings is 2. The maximum absolute atomic E-state index is 12.9. The van der Waals surface area contributed by atoms with Gasteiger partial charge in [0.25, 0.3) is 5.91 Å². The summed E-state index contributed by atoms with van der Waals surface area (Å²) in [6.45, 7) is 3.17. The largest absolute Gasteiger partial charge is 0.377 e. The highest BCUT2D eigenvalue weighted by Gasteiger charge is 2.24. The minimum atomic E-state index is 0.0726. The van der Waals surface area contributed by atoms with E-state index in [2.05, 4.69) is 15.1 Å². The van der Waals surface area contributed by atoms with Crippen molar-refractivity contribution in [3.8, 4) is 0 Å². The van der Waals surface area contributed by atoms with Crippen molar-refractivity contribution in [3.05, 3.63) is 66.0 Å². The lowest BCUT2D eigenvalue weighted by molar-refractivity contribution is 0.0767. The molecular formula is C23H24N6O2. The van der Waals surface area contributed by atoms with E-state index in [1.54, 1.807) is 7.11 Å². The fourth-order valence-corrected chi connectivity index (χ4v) is 4.14. The predicted octanol–water partition coefficient (Wildman–Crippen LogP) is 2.78. The first-order valence-electron chi connectivity index (χ1n) is 10.5. The zero-order chi connectivity index (χ0) is 21.2. The standard InChI is InChI=1S/C23H24N6O2/c1-31-16-20-25-26-21-18-10-5-6-11-19(18)24-23(29(20)21)28-13-7-12-27(14-15-28)22(30)17-8-3-2-4-9-17/h2-6,8-11H,7,12-16H2,1H3. The van der Waals surface area contributed by atoms with E-state index in [0.29, 0.717) is 32.1 Å². The maximum Gasteiger partial charge on any atom is 0.253 e. The number of hydrogen-bond donors (Lipinski definition) is 0. The number of ether oxygens (including phenoxy) is 1. The molecule has 8 nitrogen and oxygen atoms in total. The molecule has 8 heteroatoms. The second kappa shape index (κ2) is 8.31. The molecule has 1 amide bonds. The first-order valence-corrected chi connectivity index (χ1v) is 10.5. The normalized spacial score (nSPS) is 14.9. The quantitative estimate of drug-likeness (QED) is 0.509. The minimum absolute atomic E-state index is 0.0726. The third-order valence-corrected chi connectivity index (χ3v) is 5.66. The third kappa shape index (κ3) is 3.59. The summed E-state index contributed by atoms with van der Waals surface area (Å²) >= 11 is 0. The van der Waals surface area contributed by atoms with Crippen molar-refractivity contribution < 1.29 is 9.53 Å². The predicted molar refractivity (Wildman–Crippen MR) is 118 cm³/mol. The smallest absolute Gasteiger partial charge is 0.253 e. The second-order valence-corrected chi connectivity index (χ2v) is 7.64. The molecule has 0 atom stereocenters. The number of anilines is 1. The van der Waals surface area contributed by atoms with Gasteiger partial charge in [-0.3, -0.25) is 4.79 Å². The molecule has 1 aliphatic rings. The molecule has 0 spiro atoms. The van der Waals surface area contributed by atoms with Crippen LogP contribution in [0.1, 0.15) is 22.6 Å². The summed E-state index contributed by atoms with van der Waals surface area (Å²) in [5, 5.41) is 9.74. The van der Waals surface area contributed by atoms with Crippen molar-refractivity contribution in [2.24, 2.45) is 0 Å². The summed E-state index contributed by atoms with van der Waals surface area (Å²) in [5.41, 5.74) is 2.38. The number of hydrogen-bond acceptors (Lipinski definition) is 6. The minimum Gasteiger partial charge on any atom is -0.377 e. The number of carbonyl (C=O) groups excluding carboxylic acids is 1. The van der Waals surface area contributed by atoms with Crippen LogP contribution in [0.15, 0.2) is 54.6 Å². The highest BCUT2D eigenvalue weighted by molar-refractivity contribution is 5.94. The Morgan fingerprint density at radius 2 is 1.77 bits per heavy atom. The molecule has 0 saturated carbocycles. The molecule has 1 saturated heterocycles. The Hall–Kier alpha value is -3.52. The van der Waals surface area contributed by atoms with Crippen molar-refractivity contribution >= 4 is 28.4 Å². The molecular weight excluding hydrogens is 392 g/mol. The molecule has 31 heavy (non-hydrogen) atoms. The summed E-state index contributed by atoms with van der Waals surface area (Å²) in [4.78, 5) is 22.0. The Morgan fingerprint density at radius 1 is 0.968 bits per heavy atom. The van der Waals surface area contributed by atoms with E-state index in [9.17, 15) is 4.79 Å². The van der Waals surface area contributed by atoms with Gasteiger partial charge < -0.3 is 14.5 Å². The highest BCUT2D eigenvalue weighted by atomic mass is 16.5. The van der Waals surface area contributed by atoms with Gasteiger partial charge in [0.15, 0.2) is 11.5 Å². The van der Waals surface area contributed by atoms with Crippen molar-refractivity contribution in [1.29, 1.82) is 0 Å². The van der Waals surface area contributed by atoms with E-state index in [1.165, 1.54) is 0 Å². The van der Waals surface area contributed by atoms with Crippen molar-refractivity contribution in [2.75, 3.05) is 38.2 Å². The Balaban J connectivity index is 1.50.